The number of rotatable bonds is 4. The van der Waals surface area contributed by atoms with Crippen LogP contribution in [-0.4, -0.2) is 37.5 Å². The lowest BCUT2D eigenvalue weighted by Crippen LogP contribution is -2.35. The van der Waals surface area contributed by atoms with E-state index >= 15 is 0 Å². The van der Waals surface area contributed by atoms with Crippen LogP contribution in [0.5, 0.6) is 0 Å². The van der Waals surface area contributed by atoms with Gasteiger partial charge in [-0.1, -0.05) is 6.07 Å². The van der Waals surface area contributed by atoms with Crippen LogP contribution >= 0.6 is 0 Å². The SMILES string of the molecule is CCNc1cccc(NC2CCCS(=O)(=O)C2)n1. The molecule has 1 atom stereocenters. The Morgan fingerprint density at radius 3 is 2.89 bits per heavy atom. The van der Waals surface area contributed by atoms with Crippen molar-refractivity contribution in [2.45, 2.75) is 25.8 Å². The van der Waals surface area contributed by atoms with E-state index in [2.05, 4.69) is 15.6 Å². The summed E-state index contributed by atoms with van der Waals surface area (Å²) in [4.78, 5) is 4.39. The van der Waals surface area contributed by atoms with Crippen molar-refractivity contribution >= 4 is 21.5 Å². The van der Waals surface area contributed by atoms with Gasteiger partial charge in [0.2, 0.25) is 0 Å². The molecule has 0 amide bonds. The highest BCUT2D eigenvalue weighted by Gasteiger charge is 2.24. The molecule has 1 unspecified atom stereocenters. The summed E-state index contributed by atoms with van der Waals surface area (Å²) in [7, 11) is -2.88. The average Bonchev–Trinajstić information content (AvgIpc) is 2.28. The monoisotopic (exact) mass is 269 g/mol. The molecule has 100 valence electrons. The van der Waals surface area contributed by atoms with E-state index in [4.69, 9.17) is 0 Å². The number of hydrogen-bond acceptors (Lipinski definition) is 5. The molecule has 1 aromatic heterocycles. The number of nitrogens with zero attached hydrogens (tertiary/aromatic N) is 1. The van der Waals surface area contributed by atoms with Crippen LogP contribution in [0.15, 0.2) is 18.2 Å². The molecule has 0 bridgehead atoms. The quantitative estimate of drug-likeness (QED) is 0.867. The molecule has 1 aliphatic heterocycles. The third-order valence-electron chi connectivity index (χ3n) is 2.92. The Balaban J connectivity index is 2.02. The van der Waals surface area contributed by atoms with E-state index in [9.17, 15) is 8.42 Å². The van der Waals surface area contributed by atoms with Gasteiger partial charge in [0, 0.05) is 12.6 Å². The van der Waals surface area contributed by atoms with Crippen LogP contribution in [0, 0.1) is 0 Å². The van der Waals surface area contributed by atoms with Crippen LogP contribution in [0.1, 0.15) is 19.8 Å². The van der Waals surface area contributed by atoms with Gasteiger partial charge in [-0.3, -0.25) is 0 Å². The third kappa shape index (κ3) is 3.60. The zero-order valence-electron chi connectivity index (χ0n) is 10.5. The Morgan fingerprint density at radius 1 is 1.39 bits per heavy atom. The molecule has 1 fully saturated rings. The van der Waals surface area contributed by atoms with Crippen molar-refractivity contribution in [3.63, 3.8) is 0 Å². The molecule has 0 aliphatic carbocycles. The Hall–Kier alpha value is -1.30. The summed E-state index contributed by atoms with van der Waals surface area (Å²) in [6.45, 7) is 2.82. The maximum Gasteiger partial charge on any atom is 0.152 e. The molecule has 0 saturated carbocycles. The van der Waals surface area contributed by atoms with E-state index in [1.165, 1.54) is 0 Å². The Morgan fingerprint density at radius 2 is 2.17 bits per heavy atom. The zero-order chi connectivity index (χ0) is 13.0. The van der Waals surface area contributed by atoms with Crippen molar-refractivity contribution in [2.24, 2.45) is 0 Å². The summed E-state index contributed by atoms with van der Waals surface area (Å²) in [6, 6.07) is 5.65. The molecule has 18 heavy (non-hydrogen) atoms. The second kappa shape index (κ2) is 5.56. The second-order valence-electron chi connectivity index (χ2n) is 4.54. The molecule has 1 aliphatic rings. The minimum absolute atomic E-state index is 0.0203. The average molecular weight is 269 g/mol. The van der Waals surface area contributed by atoms with Crippen molar-refractivity contribution in [1.82, 2.24) is 4.98 Å². The molecular weight excluding hydrogens is 250 g/mol. The van der Waals surface area contributed by atoms with Crippen LogP contribution in [0.3, 0.4) is 0 Å². The Labute approximate surface area is 108 Å². The van der Waals surface area contributed by atoms with Crippen molar-refractivity contribution in [3.8, 4) is 0 Å². The van der Waals surface area contributed by atoms with Gasteiger partial charge in [-0.25, -0.2) is 13.4 Å². The van der Waals surface area contributed by atoms with Crippen molar-refractivity contribution in [3.05, 3.63) is 18.2 Å². The molecule has 0 spiro atoms. The van der Waals surface area contributed by atoms with Gasteiger partial charge in [0.05, 0.1) is 11.5 Å². The molecule has 2 N–H and O–H groups in total. The van der Waals surface area contributed by atoms with E-state index in [0.29, 0.717) is 5.75 Å². The van der Waals surface area contributed by atoms with E-state index in [1.807, 2.05) is 25.1 Å². The lowest BCUT2D eigenvalue weighted by molar-refractivity contribution is 0.561. The number of anilines is 2. The van der Waals surface area contributed by atoms with Crippen LogP contribution in [0.4, 0.5) is 11.6 Å². The van der Waals surface area contributed by atoms with Gasteiger partial charge in [0.1, 0.15) is 11.6 Å². The van der Waals surface area contributed by atoms with E-state index in [-0.39, 0.29) is 11.8 Å². The van der Waals surface area contributed by atoms with Gasteiger partial charge < -0.3 is 10.6 Å². The van der Waals surface area contributed by atoms with Crippen molar-refractivity contribution in [1.29, 1.82) is 0 Å². The summed E-state index contributed by atoms with van der Waals surface area (Å²) in [5, 5.41) is 6.34. The van der Waals surface area contributed by atoms with Gasteiger partial charge >= 0.3 is 0 Å². The number of aromatic nitrogens is 1. The summed E-state index contributed by atoms with van der Waals surface area (Å²) >= 11 is 0. The third-order valence-corrected chi connectivity index (χ3v) is 4.74. The van der Waals surface area contributed by atoms with Gasteiger partial charge in [-0.2, -0.15) is 0 Å². The molecule has 0 radical (unpaired) electrons. The van der Waals surface area contributed by atoms with Crippen LogP contribution in [0.2, 0.25) is 0 Å². The highest BCUT2D eigenvalue weighted by Crippen LogP contribution is 2.17. The summed E-state index contributed by atoms with van der Waals surface area (Å²) in [6.07, 6.45) is 1.61. The normalized spacial score (nSPS) is 22.4. The first kappa shape index (κ1) is 13.1. The van der Waals surface area contributed by atoms with E-state index in [1.54, 1.807) is 0 Å². The van der Waals surface area contributed by atoms with Crippen molar-refractivity contribution < 1.29 is 8.42 Å². The molecular formula is C12H19N3O2S. The fourth-order valence-corrected chi connectivity index (χ4v) is 3.78. The van der Waals surface area contributed by atoms with Gasteiger partial charge in [0.15, 0.2) is 9.84 Å². The summed E-state index contributed by atoms with van der Waals surface area (Å²) in [5.41, 5.74) is 0. The fraction of sp³-hybridized carbons (Fsp3) is 0.583. The predicted octanol–water partition coefficient (Wildman–Crippen LogP) is 1.50. The summed E-state index contributed by atoms with van der Waals surface area (Å²) < 4.78 is 23.1. The molecule has 0 aromatic carbocycles. The van der Waals surface area contributed by atoms with Gasteiger partial charge in [-0.15, -0.1) is 0 Å². The Bertz CT molecular complexity index is 502. The number of hydrogen-bond donors (Lipinski definition) is 2. The standard InChI is InChI=1S/C12H19N3O2S/c1-2-13-11-6-3-7-12(15-11)14-10-5-4-8-18(16,17)9-10/h3,6-7,10H,2,4-5,8-9H2,1H3,(H2,13,14,15). The first-order valence-electron chi connectivity index (χ1n) is 6.27. The van der Waals surface area contributed by atoms with E-state index in [0.717, 1.165) is 31.0 Å². The van der Waals surface area contributed by atoms with Gasteiger partial charge in [0.25, 0.3) is 0 Å². The van der Waals surface area contributed by atoms with Crippen LogP contribution in [-0.2, 0) is 9.84 Å². The Kier molecular flexibility index (Phi) is 4.06. The molecule has 2 rings (SSSR count). The number of pyridine rings is 1. The molecule has 1 aromatic rings. The smallest absolute Gasteiger partial charge is 0.152 e. The molecule has 1 saturated heterocycles. The molecule has 2 heterocycles. The predicted molar refractivity (Wildman–Crippen MR) is 73.7 cm³/mol. The second-order valence-corrected chi connectivity index (χ2v) is 6.76. The zero-order valence-corrected chi connectivity index (χ0v) is 11.3. The number of sulfone groups is 1. The largest absolute Gasteiger partial charge is 0.370 e. The van der Waals surface area contributed by atoms with Crippen LogP contribution in [0.25, 0.3) is 0 Å². The first-order chi connectivity index (χ1) is 8.59. The minimum Gasteiger partial charge on any atom is -0.370 e. The maximum atomic E-state index is 11.5. The summed E-state index contributed by atoms with van der Waals surface area (Å²) in [5.74, 6) is 2.06. The molecule has 5 nitrogen and oxygen atoms in total. The first-order valence-corrected chi connectivity index (χ1v) is 8.09. The highest BCUT2D eigenvalue weighted by atomic mass is 32.2. The molecule has 6 heteroatoms. The van der Waals surface area contributed by atoms with Crippen molar-refractivity contribution in [2.75, 3.05) is 28.7 Å². The lowest BCUT2D eigenvalue weighted by Gasteiger charge is -2.23. The lowest BCUT2D eigenvalue weighted by atomic mass is 10.2. The van der Waals surface area contributed by atoms with E-state index < -0.39 is 9.84 Å². The van der Waals surface area contributed by atoms with Gasteiger partial charge in [-0.05, 0) is 31.9 Å². The fourth-order valence-electron chi connectivity index (χ4n) is 2.14. The number of nitrogens with one attached hydrogen (secondary N) is 2. The highest BCUT2D eigenvalue weighted by molar-refractivity contribution is 7.91. The topological polar surface area (TPSA) is 71.1 Å². The van der Waals surface area contributed by atoms with Crippen LogP contribution < -0.4 is 10.6 Å². The maximum absolute atomic E-state index is 11.5. The minimum atomic E-state index is -2.88.